The van der Waals surface area contributed by atoms with E-state index in [0.717, 1.165) is 0 Å². The van der Waals surface area contributed by atoms with Crippen LogP contribution in [0.5, 0.6) is 0 Å². The second-order valence-corrected chi connectivity index (χ2v) is 8.52. The fourth-order valence-electron chi connectivity index (χ4n) is 1.83. The molecule has 0 atom stereocenters. The normalized spacial score (nSPS) is 11.6. The van der Waals surface area contributed by atoms with Gasteiger partial charge in [0.05, 0.1) is 16.8 Å². The number of hydrogen-bond donors (Lipinski definition) is 2. The molecule has 0 fully saturated rings. The molecule has 138 valence electrons. The van der Waals surface area contributed by atoms with E-state index < -0.39 is 23.1 Å². The van der Waals surface area contributed by atoms with Crippen LogP contribution in [0.4, 0.5) is 5.69 Å². The highest BCUT2D eigenvalue weighted by molar-refractivity contribution is 14.1. The minimum Gasteiger partial charge on any atom is -0.456 e. The summed E-state index contributed by atoms with van der Waals surface area (Å²) in [5.41, 5.74) is 9.80. The predicted molar refractivity (Wildman–Crippen MR) is 105 cm³/mol. The third kappa shape index (κ3) is 6.52. The van der Waals surface area contributed by atoms with Gasteiger partial charge in [-0.25, -0.2) is 14.6 Å². The van der Waals surface area contributed by atoms with E-state index in [0.29, 0.717) is 3.57 Å². The number of carbonyl (C=O) groups excluding carboxylic acids is 2. The van der Waals surface area contributed by atoms with Gasteiger partial charge in [-0.15, -0.1) is 0 Å². The van der Waals surface area contributed by atoms with Crippen LogP contribution in [-0.4, -0.2) is 29.1 Å². The fourth-order valence-corrected chi connectivity index (χ4v) is 2.49. The van der Waals surface area contributed by atoms with E-state index in [1.165, 1.54) is 6.07 Å². The quantitative estimate of drug-likeness (QED) is 0.309. The first kappa shape index (κ1) is 21.2. The van der Waals surface area contributed by atoms with Crippen LogP contribution in [0.3, 0.4) is 0 Å². The molecule has 0 spiro atoms. The average Bonchev–Trinajstić information content (AvgIpc) is 2.33. The van der Waals surface area contributed by atoms with Gasteiger partial charge in [0, 0.05) is 3.57 Å². The van der Waals surface area contributed by atoms with Crippen LogP contribution in [0, 0.1) is 3.57 Å². The molecule has 0 unspecified atom stereocenters. The molecule has 0 aliphatic heterocycles. The molecule has 4 N–H and O–H groups in total. The molecule has 8 heteroatoms. The molecular weight excluding hydrogens is 437 g/mol. The molecule has 0 aliphatic carbocycles. The lowest BCUT2D eigenvalue weighted by Crippen LogP contribution is -2.27. The first-order valence-electron chi connectivity index (χ1n) is 7.60. The number of ether oxygens (including phenoxy) is 2. The van der Waals surface area contributed by atoms with Crippen LogP contribution in [0.15, 0.2) is 17.1 Å². The lowest BCUT2D eigenvalue weighted by atomic mass is 10.1. The molecule has 0 aromatic heterocycles. The molecule has 0 saturated heterocycles. The summed E-state index contributed by atoms with van der Waals surface area (Å²) < 4.78 is 11.3. The summed E-state index contributed by atoms with van der Waals surface area (Å²) in [5.74, 6) is -1.53. The summed E-state index contributed by atoms with van der Waals surface area (Å²) in [6, 6.07) is 3.14. The molecule has 0 heterocycles. The molecule has 1 aromatic rings. The van der Waals surface area contributed by atoms with Crippen molar-refractivity contribution >= 4 is 46.2 Å². The largest absolute Gasteiger partial charge is 0.456 e. The van der Waals surface area contributed by atoms with Crippen LogP contribution in [-0.2, 0) is 9.47 Å². The predicted octanol–water partition coefficient (Wildman–Crippen LogP) is 3.11. The van der Waals surface area contributed by atoms with E-state index in [9.17, 15) is 9.59 Å². The molecule has 0 bridgehead atoms. The number of nitrogens with two attached hydrogens (primary N) is 2. The Hall–Kier alpha value is -1.84. The van der Waals surface area contributed by atoms with Crippen LogP contribution in [0.25, 0.3) is 0 Å². The lowest BCUT2D eigenvalue weighted by Gasteiger charge is -2.22. The first-order valence-corrected chi connectivity index (χ1v) is 8.68. The zero-order valence-corrected chi connectivity index (χ0v) is 17.4. The second kappa shape index (κ2) is 7.59. The molecular formula is C17H24IN3O4. The molecule has 1 aromatic carbocycles. The van der Waals surface area contributed by atoms with Gasteiger partial charge in [0.15, 0.2) is 5.96 Å². The molecule has 0 saturated carbocycles. The first-order chi connectivity index (χ1) is 11.2. The number of guanidine groups is 1. The maximum absolute atomic E-state index is 12.6. The van der Waals surface area contributed by atoms with Crippen molar-refractivity contribution in [2.75, 3.05) is 0 Å². The van der Waals surface area contributed by atoms with E-state index in [4.69, 9.17) is 20.9 Å². The number of carbonyl (C=O) groups is 2. The van der Waals surface area contributed by atoms with Gasteiger partial charge in [0.2, 0.25) is 0 Å². The van der Waals surface area contributed by atoms with Crippen molar-refractivity contribution in [1.29, 1.82) is 0 Å². The Labute approximate surface area is 161 Å². The molecule has 0 aliphatic rings. The Kier molecular flexibility index (Phi) is 6.44. The molecule has 1 rings (SSSR count). The van der Waals surface area contributed by atoms with Crippen LogP contribution in [0.1, 0.15) is 62.3 Å². The zero-order valence-electron chi connectivity index (χ0n) is 15.3. The van der Waals surface area contributed by atoms with Crippen molar-refractivity contribution in [3.63, 3.8) is 0 Å². The van der Waals surface area contributed by atoms with Crippen LogP contribution >= 0.6 is 22.6 Å². The lowest BCUT2D eigenvalue weighted by molar-refractivity contribution is 0.00671. The second-order valence-electron chi connectivity index (χ2n) is 7.36. The van der Waals surface area contributed by atoms with Gasteiger partial charge in [-0.3, -0.25) is 0 Å². The molecule has 0 radical (unpaired) electrons. The smallest absolute Gasteiger partial charge is 0.341 e. The van der Waals surface area contributed by atoms with E-state index in [-0.39, 0.29) is 22.8 Å². The van der Waals surface area contributed by atoms with Gasteiger partial charge in [0.1, 0.15) is 11.2 Å². The van der Waals surface area contributed by atoms with Crippen molar-refractivity contribution in [3.8, 4) is 0 Å². The Morgan fingerprint density at radius 3 is 1.88 bits per heavy atom. The Morgan fingerprint density at radius 1 is 0.960 bits per heavy atom. The summed E-state index contributed by atoms with van der Waals surface area (Å²) in [5, 5.41) is 0. The summed E-state index contributed by atoms with van der Waals surface area (Å²) in [6.07, 6.45) is 0. The summed E-state index contributed by atoms with van der Waals surface area (Å²) in [4.78, 5) is 29.1. The number of esters is 2. The van der Waals surface area contributed by atoms with Gasteiger partial charge < -0.3 is 20.9 Å². The minimum absolute atomic E-state index is 0.0374. The Morgan fingerprint density at radius 2 is 1.44 bits per heavy atom. The van der Waals surface area contributed by atoms with Gasteiger partial charge >= 0.3 is 11.9 Å². The highest BCUT2D eigenvalue weighted by atomic mass is 127. The molecule has 7 nitrogen and oxygen atoms in total. The van der Waals surface area contributed by atoms with Gasteiger partial charge in [-0.1, -0.05) is 0 Å². The zero-order chi connectivity index (χ0) is 19.6. The van der Waals surface area contributed by atoms with Gasteiger partial charge in [0.25, 0.3) is 0 Å². The standard InChI is InChI=1S/C17H24IN3O4/c1-16(2,3)24-13(22)9-7-8-10(18)11(12(9)21-15(19)20)14(23)25-17(4,5)6/h7-8H,1-6H3,(H4,19,20,21). The highest BCUT2D eigenvalue weighted by Gasteiger charge is 2.28. The Bertz CT molecular complexity index is 712. The third-order valence-corrected chi connectivity index (χ3v) is 3.49. The van der Waals surface area contributed by atoms with Crippen molar-refractivity contribution in [2.24, 2.45) is 16.5 Å². The minimum atomic E-state index is -0.711. The number of aliphatic imine (C=N–C) groups is 1. The number of benzene rings is 1. The van der Waals surface area contributed by atoms with Crippen molar-refractivity contribution < 1.29 is 19.1 Å². The average molecular weight is 461 g/mol. The van der Waals surface area contributed by atoms with E-state index in [1.54, 1.807) is 47.6 Å². The van der Waals surface area contributed by atoms with Gasteiger partial charge in [-0.05, 0) is 76.3 Å². The van der Waals surface area contributed by atoms with E-state index in [1.807, 2.05) is 22.6 Å². The monoisotopic (exact) mass is 461 g/mol. The molecule has 25 heavy (non-hydrogen) atoms. The third-order valence-electron chi connectivity index (χ3n) is 2.59. The molecule has 0 amide bonds. The maximum atomic E-state index is 12.6. The maximum Gasteiger partial charge on any atom is 0.341 e. The fraction of sp³-hybridized carbons (Fsp3) is 0.471. The van der Waals surface area contributed by atoms with Crippen molar-refractivity contribution in [3.05, 3.63) is 26.8 Å². The Balaban J connectivity index is 3.56. The van der Waals surface area contributed by atoms with Crippen molar-refractivity contribution in [1.82, 2.24) is 0 Å². The van der Waals surface area contributed by atoms with Crippen LogP contribution < -0.4 is 11.5 Å². The van der Waals surface area contributed by atoms with Gasteiger partial charge in [-0.2, -0.15) is 0 Å². The number of halogens is 1. The van der Waals surface area contributed by atoms with Crippen molar-refractivity contribution in [2.45, 2.75) is 52.7 Å². The number of hydrogen-bond acceptors (Lipinski definition) is 5. The number of nitrogens with zero attached hydrogens (tertiary/aromatic N) is 1. The topological polar surface area (TPSA) is 117 Å². The SMILES string of the molecule is CC(C)(C)OC(=O)c1ccc(I)c(C(=O)OC(C)(C)C)c1N=C(N)N. The number of rotatable bonds is 3. The summed E-state index contributed by atoms with van der Waals surface area (Å²) in [6.45, 7) is 10.5. The summed E-state index contributed by atoms with van der Waals surface area (Å²) >= 11 is 1.96. The summed E-state index contributed by atoms with van der Waals surface area (Å²) in [7, 11) is 0. The van der Waals surface area contributed by atoms with E-state index >= 15 is 0 Å². The van der Waals surface area contributed by atoms with Crippen LogP contribution in [0.2, 0.25) is 0 Å². The van der Waals surface area contributed by atoms with E-state index in [2.05, 4.69) is 4.99 Å². The highest BCUT2D eigenvalue weighted by Crippen LogP contribution is 2.32.